The minimum atomic E-state index is 0.566. The molecular formula is C10H11N. The van der Waals surface area contributed by atoms with E-state index < -0.39 is 0 Å². The first kappa shape index (κ1) is 7.73. The van der Waals surface area contributed by atoms with Gasteiger partial charge in [0, 0.05) is 12.1 Å². The topological polar surface area (TPSA) is 23.9 Å². The SMILES string of the molecule is C=CC(=N)Cc1ccccc1. The molecule has 1 aromatic carbocycles. The number of allylic oxidation sites excluding steroid dienone is 1. The molecule has 0 heterocycles. The molecule has 0 aliphatic heterocycles. The Bertz CT molecular complexity index is 249. The van der Waals surface area contributed by atoms with Gasteiger partial charge in [-0.2, -0.15) is 0 Å². The van der Waals surface area contributed by atoms with Crippen LogP contribution in [0.4, 0.5) is 0 Å². The molecule has 0 atom stereocenters. The molecule has 1 aromatic rings. The Morgan fingerprint density at radius 2 is 2.00 bits per heavy atom. The van der Waals surface area contributed by atoms with Crippen LogP contribution < -0.4 is 0 Å². The van der Waals surface area contributed by atoms with Crippen molar-refractivity contribution in [2.45, 2.75) is 6.42 Å². The van der Waals surface area contributed by atoms with E-state index in [0.29, 0.717) is 12.1 Å². The summed E-state index contributed by atoms with van der Waals surface area (Å²) in [4.78, 5) is 0. The van der Waals surface area contributed by atoms with Gasteiger partial charge in [-0.1, -0.05) is 36.9 Å². The summed E-state index contributed by atoms with van der Waals surface area (Å²) in [7, 11) is 0. The van der Waals surface area contributed by atoms with Crippen LogP contribution in [0.3, 0.4) is 0 Å². The predicted octanol–water partition coefficient (Wildman–Crippen LogP) is 2.43. The standard InChI is InChI=1S/C10H11N/c1-2-10(11)8-9-6-4-3-5-7-9/h2-7,11H,1,8H2. The number of benzene rings is 1. The Hall–Kier alpha value is -1.37. The monoisotopic (exact) mass is 145 g/mol. The molecule has 56 valence electrons. The molecule has 0 fully saturated rings. The second-order valence-electron chi connectivity index (χ2n) is 2.39. The zero-order valence-corrected chi connectivity index (χ0v) is 6.38. The summed E-state index contributed by atoms with van der Waals surface area (Å²) in [6.07, 6.45) is 2.26. The molecule has 1 nitrogen and oxygen atoms in total. The maximum Gasteiger partial charge on any atom is 0.0351 e. The second kappa shape index (κ2) is 3.71. The number of hydrogen-bond donors (Lipinski definition) is 1. The van der Waals surface area contributed by atoms with Crippen LogP contribution in [0.5, 0.6) is 0 Å². The zero-order chi connectivity index (χ0) is 8.10. The summed E-state index contributed by atoms with van der Waals surface area (Å²) in [5.41, 5.74) is 1.73. The zero-order valence-electron chi connectivity index (χ0n) is 6.38. The van der Waals surface area contributed by atoms with Gasteiger partial charge in [0.1, 0.15) is 0 Å². The average molecular weight is 145 g/mol. The van der Waals surface area contributed by atoms with Crippen LogP contribution >= 0.6 is 0 Å². The van der Waals surface area contributed by atoms with Crippen molar-refractivity contribution in [3.05, 3.63) is 48.6 Å². The third-order valence-corrected chi connectivity index (χ3v) is 1.48. The van der Waals surface area contributed by atoms with Crippen LogP contribution in [0.25, 0.3) is 0 Å². The lowest BCUT2D eigenvalue weighted by molar-refractivity contribution is 1.29. The molecule has 0 radical (unpaired) electrons. The van der Waals surface area contributed by atoms with Crippen molar-refractivity contribution in [2.24, 2.45) is 0 Å². The molecule has 0 saturated carbocycles. The van der Waals surface area contributed by atoms with Gasteiger partial charge in [0.05, 0.1) is 0 Å². The smallest absolute Gasteiger partial charge is 0.0351 e. The highest BCUT2D eigenvalue weighted by Gasteiger charge is 1.92. The fraction of sp³-hybridized carbons (Fsp3) is 0.100. The summed E-state index contributed by atoms with van der Waals surface area (Å²) in [6.45, 7) is 3.53. The van der Waals surface area contributed by atoms with Crippen LogP contribution in [0.1, 0.15) is 5.56 Å². The number of nitrogens with one attached hydrogen (secondary N) is 1. The van der Waals surface area contributed by atoms with Crippen LogP contribution in [-0.2, 0) is 6.42 Å². The molecule has 0 aliphatic carbocycles. The van der Waals surface area contributed by atoms with E-state index in [-0.39, 0.29) is 0 Å². The van der Waals surface area contributed by atoms with Crippen LogP contribution in [-0.4, -0.2) is 5.71 Å². The normalized spacial score (nSPS) is 9.09. The van der Waals surface area contributed by atoms with Crippen molar-refractivity contribution in [3.63, 3.8) is 0 Å². The molecular weight excluding hydrogens is 134 g/mol. The van der Waals surface area contributed by atoms with Crippen molar-refractivity contribution in [1.29, 1.82) is 5.41 Å². The molecule has 0 aromatic heterocycles. The van der Waals surface area contributed by atoms with Gasteiger partial charge in [-0.05, 0) is 11.6 Å². The maximum atomic E-state index is 7.36. The molecule has 0 amide bonds. The van der Waals surface area contributed by atoms with Gasteiger partial charge in [-0.25, -0.2) is 0 Å². The molecule has 0 spiro atoms. The van der Waals surface area contributed by atoms with Gasteiger partial charge in [-0.3, -0.25) is 0 Å². The molecule has 1 heteroatoms. The van der Waals surface area contributed by atoms with Crippen molar-refractivity contribution in [2.75, 3.05) is 0 Å². The van der Waals surface area contributed by atoms with Crippen molar-refractivity contribution >= 4 is 5.71 Å². The Balaban J connectivity index is 2.65. The molecule has 0 bridgehead atoms. The quantitative estimate of drug-likeness (QED) is 0.632. The molecule has 1 N–H and O–H groups in total. The summed E-state index contributed by atoms with van der Waals surface area (Å²) < 4.78 is 0. The van der Waals surface area contributed by atoms with E-state index in [4.69, 9.17) is 5.41 Å². The molecule has 11 heavy (non-hydrogen) atoms. The Kier molecular flexibility index (Phi) is 2.61. The number of rotatable bonds is 3. The second-order valence-corrected chi connectivity index (χ2v) is 2.39. The number of hydrogen-bond acceptors (Lipinski definition) is 1. The highest BCUT2D eigenvalue weighted by molar-refractivity contribution is 5.93. The van der Waals surface area contributed by atoms with Gasteiger partial charge in [0.25, 0.3) is 0 Å². The van der Waals surface area contributed by atoms with Crippen LogP contribution in [0, 0.1) is 5.41 Å². The van der Waals surface area contributed by atoms with Crippen molar-refractivity contribution in [1.82, 2.24) is 0 Å². The summed E-state index contributed by atoms with van der Waals surface area (Å²) in [6, 6.07) is 9.95. The third-order valence-electron chi connectivity index (χ3n) is 1.48. The van der Waals surface area contributed by atoms with E-state index >= 15 is 0 Å². The molecule has 1 rings (SSSR count). The molecule has 0 saturated heterocycles. The first-order valence-electron chi connectivity index (χ1n) is 3.56. The molecule has 0 aliphatic rings. The third kappa shape index (κ3) is 2.38. The highest BCUT2D eigenvalue weighted by Crippen LogP contribution is 1.99. The largest absolute Gasteiger partial charge is 0.305 e. The van der Waals surface area contributed by atoms with E-state index in [2.05, 4.69) is 6.58 Å². The van der Waals surface area contributed by atoms with Gasteiger partial charge in [0.15, 0.2) is 0 Å². The first-order chi connectivity index (χ1) is 5.33. The van der Waals surface area contributed by atoms with E-state index in [1.165, 1.54) is 0 Å². The predicted molar refractivity (Wildman–Crippen MR) is 48.1 cm³/mol. The van der Waals surface area contributed by atoms with Crippen LogP contribution in [0.2, 0.25) is 0 Å². The summed E-state index contributed by atoms with van der Waals surface area (Å²) in [5.74, 6) is 0. The van der Waals surface area contributed by atoms with E-state index in [0.717, 1.165) is 5.56 Å². The van der Waals surface area contributed by atoms with Gasteiger partial charge >= 0.3 is 0 Å². The van der Waals surface area contributed by atoms with Crippen molar-refractivity contribution in [3.8, 4) is 0 Å². The van der Waals surface area contributed by atoms with E-state index in [1.807, 2.05) is 30.3 Å². The maximum absolute atomic E-state index is 7.36. The Labute approximate surface area is 66.9 Å². The lowest BCUT2D eigenvalue weighted by atomic mass is 10.1. The van der Waals surface area contributed by atoms with E-state index in [1.54, 1.807) is 6.08 Å². The lowest BCUT2D eigenvalue weighted by Crippen LogP contribution is -1.95. The fourth-order valence-corrected chi connectivity index (χ4v) is 0.888. The molecule has 0 unspecified atom stereocenters. The summed E-state index contributed by atoms with van der Waals surface area (Å²) in [5, 5.41) is 7.36. The van der Waals surface area contributed by atoms with Crippen LogP contribution in [0.15, 0.2) is 43.0 Å². The fourth-order valence-electron chi connectivity index (χ4n) is 0.888. The lowest BCUT2D eigenvalue weighted by Gasteiger charge is -1.96. The Morgan fingerprint density at radius 1 is 1.36 bits per heavy atom. The first-order valence-corrected chi connectivity index (χ1v) is 3.56. The van der Waals surface area contributed by atoms with Crippen molar-refractivity contribution < 1.29 is 0 Å². The average Bonchev–Trinajstić information content (AvgIpc) is 2.06. The van der Waals surface area contributed by atoms with Gasteiger partial charge in [0.2, 0.25) is 0 Å². The Morgan fingerprint density at radius 3 is 2.55 bits per heavy atom. The van der Waals surface area contributed by atoms with Gasteiger partial charge < -0.3 is 5.41 Å². The van der Waals surface area contributed by atoms with E-state index in [9.17, 15) is 0 Å². The minimum absolute atomic E-state index is 0.566. The highest BCUT2D eigenvalue weighted by atomic mass is 14.4. The van der Waals surface area contributed by atoms with Gasteiger partial charge in [-0.15, -0.1) is 0 Å². The minimum Gasteiger partial charge on any atom is -0.305 e. The summed E-state index contributed by atoms with van der Waals surface area (Å²) >= 11 is 0.